The van der Waals surface area contributed by atoms with Gasteiger partial charge in [-0.05, 0) is 55.9 Å². The molecule has 2 saturated heterocycles. The van der Waals surface area contributed by atoms with E-state index in [2.05, 4.69) is 0 Å². The van der Waals surface area contributed by atoms with Crippen molar-refractivity contribution < 1.29 is 17.9 Å². The summed E-state index contributed by atoms with van der Waals surface area (Å²) in [6, 6.07) is 6.45. The number of carbonyl (C=O) groups is 1. The van der Waals surface area contributed by atoms with E-state index in [-0.39, 0.29) is 23.8 Å². The molecule has 1 amide bonds. The van der Waals surface area contributed by atoms with E-state index in [1.807, 2.05) is 4.90 Å². The Hall–Kier alpha value is -1.60. The zero-order valence-corrected chi connectivity index (χ0v) is 15.2. The third-order valence-corrected chi connectivity index (χ3v) is 7.57. The van der Waals surface area contributed by atoms with Gasteiger partial charge < -0.3 is 9.64 Å². The largest absolute Gasteiger partial charge is 0.497 e. The lowest BCUT2D eigenvalue weighted by molar-refractivity contribution is -0.131. The number of benzene rings is 1. The Bertz CT molecular complexity index is 758. The number of fused-ring (bicyclic) bond motifs is 1. The first-order chi connectivity index (χ1) is 12.0. The Kier molecular flexibility index (Phi) is 4.24. The summed E-state index contributed by atoms with van der Waals surface area (Å²) in [4.78, 5) is 14.6. The molecule has 2 atom stereocenters. The minimum absolute atomic E-state index is 0.0939. The molecule has 0 radical (unpaired) electrons. The molecule has 0 spiro atoms. The number of carbonyl (C=O) groups excluding carboxylic acids is 1. The number of sulfonamides is 1. The molecule has 2 heterocycles. The summed E-state index contributed by atoms with van der Waals surface area (Å²) in [6.07, 6.45) is 3.81. The lowest BCUT2D eigenvalue weighted by Crippen LogP contribution is -2.48. The molecule has 1 aromatic rings. The summed E-state index contributed by atoms with van der Waals surface area (Å²) in [5.74, 6) is 1.30. The predicted molar refractivity (Wildman–Crippen MR) is 92.7 cm³/mol. The van der Waals surface area contributed by atoms with Crippen LogP contribution in [-0.4, -0.2) is 56.3 Å². The molecular formula is C18H24N2O4S. The summed E-state index contributed by atoms with van der Waals surface area (Å²) >= 11 is 0. The molecule has 6 nitrogen and oxygen atoms in total. The fourth-order valence-corrected chi connectivity index (χ4v) is 5.80. The molecule has 0 bridgehead atoms. The van der Waals surface area contributed by atoms with Gasteiger partial charge in [-0.15, -0.1) is 0 Å². The molecule has 4 rings (SSSR count). The van der Waals surface area contributed by atoms with Crippen LogP contribution < -0.4 is 4.74 Å². The fraction of sp³-hybridized carbons (Fsp3) is 0.611. The summed E-state index contributed by atoms with van der Waals surface area (Å²) in [7, 11) is -2.00. The minimum atomic E-state index is -3.56. The zero-order chi connectivity index (χ0) is 17.6. The SMILES string of the molecule is COc1ccc(S(=O)(=O)N2CCC[C@@H]3CN(C(=O)C4CC4)C[C@@H]32)cc1. The summed E-state index contributed by atoms with van der Waals surface area (Å²) < 4.78 is 33.0. The van der Waals surface area contributed by atoms with Crippen LogP contribution in [0.4, 0.5) is 0 Å². The van der Waals surface area contributed by atoms with Crippen LogP contribution in [0.5, 0.6) is 5.75 Å². The molecule has 0 N–H and O–H groups in total. The molecule has 1 aromatic carbocycles. The number of piperidine rings is 1. The molecule has 1 saturated carbocycles. The second-order valence-corrected chi connectivity index (χ2v) is 9.17. The lowest BCUT2D eigenvalue weighted by atomic mass is 9.94. The standard InChI is InChI=1S/C18H24N2O4S/c1-24-15-6-8-16(9-7-15)25(22,23)20-10-2-3-14-11-19(12-17(14)20)18(21)13-4-5-13/h6-9,13-14,17H,2-5,10-12H2,1H3/t14-,17+/m1/s1. The van der Waals surface area contributed by atoms with E-state index in [4.69, 9.17) is 4.74 Å². The molecule has 136 valence electrons. The van der Waals surface area contributed by atoms with Crippen LogP contribution in [0, 0.1) is 11.8 Å². The van der Waals surface area contributed by atoms with E-state index in [9.17, 15) is 13.2 Å². The van der Waals surface area contributed by atoms with Crippen LogP contribution in [0.1, 0.15) is 25.7 Å². The van der Waals surface area contributed by atoms with E-state index in [0.717, 1.165) is 25.7 Å². The summed E-state index contributed by atoms with van der Waals surface area (Å²) in [6.45, 7) is 1.77. The van der Waals surface area contributed by atoms with Crippen LogP contribution in [-0.2, 0) is 14.8 Å². The maximum atomic E-state index is 13.1. The van der Waals surface area contributed by atoms with Gasteiger partial charge in [-0.2, -0.15) is 4.31 Å². The van der Waals surface area contributed by atoms with E-state index in [1.54, 1.807) is 35.7 Å². The number of amides is 1. The number of methoxy groups -OCH3 is 1. The highest BCUT2D eigenvalue weighted by atomic mass is 32.2. The van der Waals surface area contributed by atoms with Crippen molar-refractivity contribution in [2.24, 2.45) is 11.8 Å². The normalized spacial score (nSPS) is 27.2. The topological polar surface area (TPSA) is 66.9 Å². The highest BCUT2D eigenvalue weighted by molar-refractivity contribution is 7.89. The highest BCUT2D eigenvalue weighted by Crippen LogP contribution is 2.38. The Balaban J connectivity index is 1.56. The van der Waals surface area contributed by atoms with E-state index >= 15 is 0 Å². The smallest absolute Gasteiger partial charge is 0.243 e. The van der Waals surface area contributed by atoms with Crippen molar-refractivity contribution in [1.82, 2.24) is 9.21 Å². The molecule has 2 aliphatic heterocycles. The maximum Gasteiger partial charge on any atom is 0.243 e. The van der Waals surface area contributed by atoms with Gasteiger partial charge in [0.05, 0.1) is 12.0 Å². The molecule has 25 heavy (non-hydrogen) atoms. The Labute approximate surface area is 148 Å². The van der Waals surface area contributed by atoms with Crippen molar-refractivity contribution in [2.75, 3.05) is 26.7 Å². The van der Waals surface area contributed by atoms with Gasteiger partial charge in [-0.1, -0.05) is 0 Å². The number of ether oxygens (including phenoxy) is 1. The van der Waals surface area contributed by atoms with Crippen LogP contribution in [0.2, 0.25) is 0 Å². The van der Waals surface area contributed by atoms with Gasteiger partial charge in [0.15, 0.2) is 0 Å². The fourth-order valence-electron chi connectivity index (χ4n) is 4.09. The molecule has 3 aliphatic rings. The van der Waals surface area contributed by atoms with Crippen LogP contribution in [0.15, 0.2) is 29.2 Å². The van der Waals surface area contributed by atoms with Gasteiger partial charge in [0.1, 0.15) is 5.75 Å². The third kappa shape index (κ3) is 3.04. The van der Waals surface area contributed by atoms with Crippen molar-refractivity contribution in [1.29, 1.82) is 0 Å². The monoisotopic (exact) mass is 364 g/mol. The average Bonchev–Trinajstić information content (AvgIpc) is 3.38. The van der Waals surface area contributed by atoms with E-state index in [0.29, 0.717) is 30.3 Å². The van der Waals surface area contributed by atoms with Crippen molar-refractivity contribution in [3.63, 3.8) is 0 Å². The Morgan fingerprint density at radius 3 is 2.48 bits per heavy atom. The second-order valence-electron chi connectivity index (χ2n) is 7.28. The van der Waals surface area contributed by atoms with E-state index in [1.165, 1.54) is 0 Å². The second kappa shape index (κ2) is 6.29. The first-order valence-electron chi connectivity index (χ1n) is 8.95. The van der Waals surface area contributed by atoms with Gasteiger partial charge in [0, 0.05) is 31.6 Å². The van der Waals surface area contributed by atoms with Gasteiger partial charge >= 0.3 is 0 Å². The van der Waals surface area contributed by atoms with Crippen molar-refractivity contribution in [2.45, 2.75) is 36.6 Å². The molecular weight excluding hydrogens is 340 g/mol. The summed E-state index contributed by atoms with van der Waals surface area (Å²) in [5.41, 5.74) is 0. The van der Waals surface area contributed by atoms with Gasteiger partial charge in [-0.3, -0.25) is 4.79 Å². The molecule has 3 fully saturated rings. The van der Waals surface area contributed by atoms with Crippen molar-refractivity contribution in [3.8, 4) is 5.75 Å². The quantitative estimate of drug-likeness (QED) is 0.816. The van der Waals surface area contributed by atoms with Gasteiger partial charge in [-0.25, -0.2) is 8.42 Å². The highest BCUT2D eigenvalue weighted by Gasteiger charge is 2.47. The lowest BCUT2D eigenvalue weighted by Gasteiger charge is -2.35. The minimum Gasteiger partial charge on any atom is -0.497 e. The molecule has 0 aromatic heterocycles. The van der Waals surface area contributed by atoms with Crippen LogP contribution >= 0.6 is 0 Å². The first-order valence-corrected chi connectivity index (χ1v) is 10.4. The van der Waals surface area contributed by atoms with Crippen molar-refractivity contribution in [3.05, 3.63) is 24.3 Å². The number of likely N-dealkylation sites (tertiary alicyclic amines) is 1. The van der Waals surface area contributed by atoms with Crippen LogP contribution in [0.25, 0.3) is 0 Å². The Morgan fingerprint density at radius 2 is 1.84 bits per heavy atom. The zero-order valence-electron chi connectivity index (χ0n) is 14.4. The number of nitrogens with zero attached hydrogens (tertiary/aromatic N) is 2. The predicted octanol–water partition coefficient (Wildman–Crippen LogP) is 1.72. The molecule has 0 unspecified atom stereocenters. The molecule has 7 heteroatoms. The number of hydrogen-bond acceptors (Lipinski definition) is 4. The van der Waals surface area contributed by atoms with Gasteiger partial charge in [0.2, 0.25) is 15.9 Å². The average molecular weight is 364 g/mol. The number of hydrogen-bond donors (Lipinski definition) is 0. The maximum absolute atomic E-state index is 13.1. The third-order valence-electron chi connectivity index (χ3n) is 5.63. The van der Waals surface area contributed by atoms with Crippen molar-refractivity contribution >= 4 is 15.9 Å². The van der Waals surface area contributed by atoms with E-state index < -0.39 is 10.0 Å². The van der Waals surface area contributed by atoms with Crippen LogP contribution in [0.3, 0.4) is 0 Å². The van der Waals surface area contributed by atoms with Gasteiger partial charge in [0.25, 0.3) is 0 Å². The summed E-state index contributed by atoms with van der Waals surface area (Å²) in [5, 5.41) is 0. The molecule has 1 aliphatic carbocycles. The number of rotatable bonds is 4. The first kappa shape index (κ1) is 16.8. The Morgan fingerprint density at radius 1 is 1.12 bits per heavy atom.